The van der Waals surface area contributed by atoms with Crippen molar-refractivity contribution in [3.8, 4) is 0 Å². The molecule has 0 bridgehead atoms. The summed E-state index contributed by atoms with van der Waals surface area (Å²) in [5.41, 5.74) is 1.46. The minimum Gasteiger partial charge on any atom is -0.425 e. The van der Waals surface area contributed by atoms with Gasteiger partial charge < -0.3 is 9.40 Å². The summed E-state index contributed by atoms with van der Waals surface area (Å²) >= 11 is 5.98. The van der Waals surface area contributed by atoms with Crippen LogP contribution in [0.25, 0.3) is 11.0 Å². The number of anilines is 1. The zero-order valence-corrected chi connectivity index (χ0v) is 18.1. The molecule has 2 aliphatic rings. The molecule has 0 spiro atoms. The minimum absolute atomic E-state index is 0.0333. The van der Waals surface area contributed by atoms with Crippen molar-refractivity contribution in [1.82, 2.24) is 20.2 Å². The maximum absolute atomic E-state index is 12.7. The number of H-pyrrole nitrogens is 1. The SMILES string of the molecule is O=C(Nc1nc2ccc(Cl)cc2[nH]1)C1CCC(c2nnc(C3CC(OC(F)(F)F)C3)o2)CC1. The lowest BCUT2D eigenvalue weighted by atomic mass is 9.81. The van der Waals surface area contributed by atoms with Crippen molar-refractivity contribution in [2.45, 2.75) is 62.8 Å². The van der Waals surface area contributed by atoms with Crippen molar-refractivity contribution in [2.75, 3.05) is 5.32 Å². The number of hydrogen-bond donors (Lipinski definition) is 2. The Morgan fingerprint density at radius 2 is 1.82 bits per heavy atom. The Hall–Kier alpha value is -2.66. The lowest BCUT2D eigenvalue weighted by molar-refractivity contribution is -0.352. The highest BCUT2D eigenvalue weighted by Crippen LogP contribution is 2.42. The number of amides is 1. The number of nitrogens with zero attached hydrogens (tertiary/aromatic N) is 3. The van der Waals surface area contributed by atoms with Crippen LogP contribution < -0.4 is 5.32 Å². The van der Waals surface area contributed by atoms with Gasteiger partial charge >= 0.3 is 6.36 Å². The van der Waals surface area contributed by atoms with Crippen LogP contribution in [0.1, 0.15) is 62.1 Å². The number of nitrogens with one attached hydrogen (secondary N) is 2. The monoisotopic (exact) mass is 483 g/mol. The highest BCUT2D eigenvalue weighted by atomic mass is 35.5. The first-order valence-electron chi connectivity index (χ1n) is 10.8. The highest BCUT2D eigenvalue weighted by molar-refractivity contribution is 6.31. The number of imidazole rings is 1. The van der Waals surface area contributed by atoms with Gasteiger partial charge in [-0.15, -0.1) is 23.4 Å². The molecule has 2 saturated carbocycles. The Balaban J connectivity index is 1.12. The molecular weight excluding hydrogens is 463 g/mol. The Morgan fingerprint density at radius 1 is 1.12 bits per heavy atom. The van der Waals surface area contributed by atoms with Gasteiger partial charge in [-0.2, -0.15) is 0 Å². The van der Waals surface area contributed by atoms with E-state index < -0.39 is 12.5 Å². The number of aromatic amines is 1. The smallest absolute Gasteiger partial charge is 0.425 e. The third-order valence-electron chi connectivity index (χ3n) is 6.33. The van der Waals surface area contributed by atoms with Crippen LogP contribution in [-0.2, 0) is 9.53 Å². The molecule has 12 heteroatoms. The van der Waals surface area contributed by atoms with Crippen LogP contribution in [0.3, 0.4) is 0 Å². The predicted molar refractivity (Wildman–Crippen MR) is 112 cm³/mol. The molecule has 33 heavy (non-hydrogen) atoms. The second kappa shape index (κ2) is 8.60. The molecule has 2 N–H and O–H groups in total. The van der Waals surface area contributed by atoms with Crippen LogP contribution in [0.2, 0.25) is 5.02 Å². The summed E-state index contributed by atoms with van der Waals surface area (Å²) in [6.07, 6.45) is -2.33. The predicted octanol–water partition coefficient (Wildman–Crippen LogP) is 5.29. The summed E-state index contributed by atoms with van der Waals surface area (Å²) in [7, 11) is 0. The van der Waals surface area contributed by atoms with Gasteiger partial charge in [-0.1, -0.05) is 11.6 Å². The summed E-state index contributed by atoms with van der Waals surface area (Å²) in [4.78, 5) is 20.1. The average molecular weight is 484 g/mol. The Labute approximate surface area is 191 Å². The quantitative estimate of drug-likeness (QED) is 0.510. The van der Waals surface area contributed by atoms with Gasteiger partial charge in [-0.05, 0) is 56.7 Å². The number of aromatic nitrogens is 4. The normalized spacial score (nSPS) is 25.7. The molecule has 3 aromatic rings. The summed E-state index contributed by atoms with van der Waals surface area (Å²) < 4.78 is 46.6. The van der Waals surface area contributed by atoms with E-state index in [1.165, 1.54) is 0 Å². The summed E-state index contributed by atoms with van der Waals surface area (Å²) in [6.45, 7) is 0. The first-order chi connectivity index (χ1) is 15.7. The van der Waals surface area contributed by atoms with Crippen LogP contribution >= 0.6 is 11.6 Å². The molecular formula is C21H21ClF3N5O3. The van der Waals surface area contributed by atoms with Gasteiger partial charge in [0.1, 0.15) is 0 Å². The molecule has 0 saturated heterocycles. The number of carbonyl (C=O) groups excluding carboxylic acids is 1. The number of rotatable bonds is 5. The number of carbonyl (C=O) groups is 1. The minimum atomic E-state index is -4.63. The van der Waals surface area contributed by atoms with Crippen molar-refractivity contribution in [2.24, 2.45) is 5.92 Å². The fraction of sp³-hybridized carbons (Fsp3) is 0.524. The van der Waals surface area contributed by atoms with Crippen molar-refractivity contribution in [3.05, 3.63) is 35.0 Å². The highest BCUT2D eigenvalue weighted by Gasteiger charge is 2.42. The molecule has 2 aliphatic carbocycles. The van der Waals surface area contributed by atoms with Gasteiger partial charge in [0.15, 0.2) is 0 Å². The Kier molecular flexibility index (Phi) is 5.77. The molecule has 0 radical (unpaired) electrons. The van der Waals surface area contributed by atoms with E-state index in [4.69, 9.17) is 16.0 Å². The van der Waals surface area contributed by atoms with Gasteiger partial charge in [-0.25, -0.2) is 4.98 Å². The van der Waals surface area contributed by atoms with E-state index in [0.717, 1.165) is 5.52 Å². The van der Waals surface area contributed by atoms with Gasteiger partial charge in [0.05, 0.1) is 17.1 Å². The zero-order valence-electron chi connectivity index (χ0n) is 17.4. The Morgan fingerprint density at radius 3 is 2.52 bits per heavy atom. The zero-order chi connectivity index (χ0) is 23.2. The molecule has 5 rings (SSSR count). The third-order valence-corrected chi connectivity index (χ3v) is 6.57. The molecule has 2 aromatic heterocycles. The molecule has 0 unspecified atom stereocenters. The summed E-state index contributed by atoms with van der Waals surface area (Å²) in [6, 6.07) is 5.26. The van der Waals surface area contributed by atoms with E-state index in [2.05, 4.69) is 30.2 Å². The molecule has 1 aromatic carbocycles. The first-order valence-corrected chi connectivity index (χ1v) is 11.2. The molecule has 2 fully saturated rings. The van der Waals surface area contributed by atoms with Crippen LogP contribution in [0, 0.1) is 5.92 Å². The van der Waals surface area contributed by atoms with E-state index in [1.807, 2.05) is 0 Å². The maximum Gasteiger partial charge on any atom is 0.522 e. The maximum atomic E-state index is 12.7. The molecule has 1 amide bonds. The van der Waals surface area contributed by atoms with E-state index in [0.29, 0.717) is 54.0 Å². The second-order valence-corrected chi connectivity index (χ2v) is 9.05. The number of hydrogen-bond acceptors (Lipinski definition) is 6. The number of alkyl halides is 3. The van der Waals surface area contributed by atoms with E-state index in [9.17, 15) is 18.0 Å². The lowest BCUT2D eigenvalue weighted by Crippen LogP contribution is -2.34. The number of halogens is 4. The van der Waals surface area contributed by atoms with Crippen molar-refractivity contribution in [1.29, 1.82) is 0 Å². The Bertz CT molecular complexity index is 1150. The fourth-order valence-electron chi connectivity index (χ4n) is 4.49. The number of ether oxygens (including phenoxy) is 1. The molecule has 8 nitrogen and oxygen atoms in total. The van der Waals surface area contributed by atoms with Gasteiger partial charge in [0.25, 0.3) is 0 Å². The van der Waals surface area contributed by atoms with Crippen molar-refractivity contribution >= 4 is 34.5 Å². The topological polar surface area (TPSA) is 106 Å². The van der Waals surface area contributed by atoms with Gasteiger partial charge in [-0.3, -0.25) is 14.8 Å². The molecule has 0 atom stereocenters. The van der Waals surface area contributed by atoms with Crippen LogP contribution in [0.4, 0.5) is 19.1 Å². The van der Waals surface area contributed by atoms with Crippen molar-refractivity contribution < 1.29 is 27.1 Å². The van der Waals surface area contributed by atoms with E-state index in [-0.39, 0.29) is 36.5 Å². The average Bonchev–Trinajstić information content (AvgIpc) is 3.36. The molecule has 176 valence electrons. The fourth-order valence-corrected chi connectivity index (χ4v) is 4.66. The summed E-state index contributed by atoms with van der Waals surface area (Å²) in [5.74, 6) is 0.789. The number of fused-ring (bicyclic) bond motifs is 1. The summed E-state index contributed by atoms with van der Waals surface area (Å²) in [5, 5.41) is 11.6. The van der Waals surface area contributed by atoms with Crippen LogP contribution in [0.5, 0.6) is 0 Å². The standard InChI is InChI=1S/C21H21ClF3N5O3/c22-13-5-6-15-16(9-13)27-20(26-15)28-17(31)10-1-3-11(4-2-10)18-29-30-19(32-18)12-7-14(8-12)33-21(23,24)25/h5-6,9-12,14H,1-4,7-8H2,(H2,26,27,28,31). The van der Waals surface area contributed by atoms with Gasteiger partial charge in [0, 0.05) is 22.8 Å². The lowest BCUT2D eigenvalue weighted by Gasteiger charge is -2.32. The van der Waals surface area contributed by atoms with Crippen LogP contribution in [-0.4, -0.2) is 38.5 Å². The molecule has 2 heterocycles. The number of benzene rings is 1. The van der Waals surface area contributed by atoms with E-state index >= 15 is 0 Å². The second-order valence-electron chi connectivity index (χ2n) is 8.62. The largest absolute Gasteiger partial charge is 0.522 e. The van der Waals surface area contributed by atoms with Gasteiger partial charge in [0.2, 0.25) is 23.6 Å². The van der Waals surface area contributed by atoms with E-state index in [1.54, 1.807) is 18.2 Å². The molecule has 0 aliphatic heterocycles. The van der Waals surface area contributed by atoms with Crippen molar-refractivity contribution in [3.63, 3.8) is 0 Å². The first kappa shape index (κ1) is 22.1. The van der Waals surface area contributed by atoms with Crippen LogP contribution in [0.15, 0.2) is 22.6 Å². The third kappa shape index (κ3) is 4.98.